The number of aldehydes is 1. The van der Waals surface area contributed by atoms with Crippen LogP contribution in [-0.2, 0) is 9.59 Å². The molecule has 2 unspecified atom stereocenters. The minimum absolute atomic E-state index is 0.0175. The largest absolute Gasteiger partial charge is 0.332 e. The lowest BCUT2D eigenvalue weighted by Gasteiger charge is -2.20. The number of likely N-dealkylation sites (tertiary alicyclic amines) is 1. The van der Waals surface area contributed by atoms with E-state index in [0.29, 0.717) is 19.0 Å². The highest BCUT2D eigenvalue weighted by Gasteiger charge is 2.31. The number of amides is 1. The highest BCUT2D eigenvalue weighted by Crippen LogP contribution is 2.20. The molecule has 0 aromatic carbocycles. The van der Waals surface area contributed by atoms with E-state index in [9.17, 15) is 9.59 Å². The van der Waals surface area contributed by atoms with Crippen LogP contribution in [0.3, 0.4) is 0 Å². The first kappa shape index (κ1) is 10.2. The maximum atomic E-state index is 11.5. The molecule has 1 heterocycles. The van der Waals surface area contributed by atoms with Crippen LogP contribution < -0.4 is 5.32 Å². The predicted molar refractivity (Wildman–Crippen MR) is 49.3 cm³/mol. The molecule has 0 saturated carbocycles. The number of hydrogen-bond donors (Lipinski definition) is 1. The summed E-state index contributed by atoms with van der Waals surface area (Å²) in [6.07, 6.45) is 1.68. The molecular weight excluding hydrogens is 168 g/mol. The average molecular weight is 184 g/mol. The monoisotopic (exact) mass is 184 g/mol. The van der Waals surface area contributed by atoms with Gasteiger partial charge in [0.1, 0.15) is 6.29 Å². The average Bonchev–Trinajstić information content (AvgIpc) is 2.47. The quantitative estimate of drug-likeness (QED) is 0.609. The summed E-state index contributed by atoms with van der Waals surface area (Å²) < 4.78 is 0. The van der Waals surface area contributed by atoms with Crippen LogP contribution in [0.4, 0.5) is 0 Å². The van der Waals surface area contributed by atoms with Gasteiger partial charge in [-0.1, -0.05) is 6.92 Å². The number of carbonyl (C=O) groups excluding carboxylic acids is 2. The fourth-order valence-corrected chi connectivity index (χ4v) is 1.75. The van der Waals surface area contributed by atoms with Gasteiger partial charge in [-0.3, -0.25) is 4.79 Å². The first-order valence-corrected chi connectivity index (χ1v) is 4.58. The summed E-state index contributed by atoms with van der Waals surface area (Å²) in [5.41, 5.74) is 0. The van der Waals surface area contributed by atoms with Crippen molar-refractivity contribution in [2.24, 2.45) is 5.92 Å². The van der Waals surface area contributed by atoms with Gasteiger partial charge in [-0.2, -0.15) is 0 Å². The zero-order valence-corrected chi connectivity index (χ0v) is 8.12. The Kier molecular flexibility index (Phi) is 3.42. The smallest absolute Gasteiger partial charge is 0.237 e. The standard InChI is InChI=1S/C9H16N2O2/c1-7-3-8(6-12)11(5-7)9(13)4-10-2/h6-8,10H,3-5H2,1-2H3. The van der Waals surface area contributed by atoms with E-state index in [1.54, 1.807) is 11.9 Å². The molecule has 1 aliphatic heterocycles. The van der Waals surface area contributed by atoms with Crippen LogP contribution in [0.2, 0.25) is 0 Å². The number of nitrogens with zero attached hydrogens (tertiary/aromatic N) is 1. The Hall–Kier alpha value is -0.900. The van der Waals surface area contributed by atoms with E-state index in [1.165, 1.54) is 0 Å². The summed E-state index contributed by atoms with van der Waals surface area (Å²) in [4.78, 5) is 23.8. The Bertz CT molecular complexity index is 206. The van der Waals surface area contributed by atoms with Crippen molar-refractivity contribution in [1.82, 2.24) is 10.2 Å². The summed E-state index contributed by atoms with van der Waals surface area (Å²) in [6, 6.07) is -0.198. The molecule has 0 aromatic heterocycles. The first-order valence-electron chi connectivity index (χ1n) is 4.58. The normalized spacial score (nSPS) is 27.7. The minimum atomic E-state index is -0.198. The van der Waals surface area contributed by atoms with Crippen LogP contribution in [0.5, 0.6) is 0 Å². The van der Waals surface area contributed by atoms with Crippen molar-refractivity contribution in [3.05, 3.63) is 0 Å². The third kappa shape index (κ3) is 2.28. The SMILES string of the molecule is CNCC(=O)N1CC(C)CC1C=O. The van der Waals surface area contributed by atoms with Gasteiger partial charge in [0.25, 0.3) is 0 Å². The summed E-state index contributed by atoms with van der Waals surface area (Å²) in [5, 5.41) is 2.80. The number of hydrogen-bond acceptors (Lipinski definition) is 3. The molecule has 4 nitrogen and oxygen atoms in total. The molecule has 0 spiro atoms. The topological polar surface area (TPSA) is 49.4 Å². The Morgan fingerprint density at radius 1 is 1.69 bits per heavy atom. The summed E-state index contributed by atoms with van der Waals surface area (Å²) >= 11 is 0. The second-order valence-electron chi connectivity index (χ2n) is 3.62. The lowest BCUT2D eigenvalue weighted by atomic mass is 10.1. The molecule has 1 saturated heterocycles. The van der Waals surface area contributed by atoms with Gasteiger partial charge in [-0.05, 0) is 19.4 Å². The van der Waals surface area contributed by atoms with Gasteiger partial charge < -0.3 is 15.0 Å². The highest BCUT2D eigenvalue weighted by molar-refractivity contribution is 5.82. The Morgan fingerprint density at radius 2 is 2.38 bits per heavy atom. The lowest BCUT2D eigenvalue weighted by molar-refractivity contribution is -0.133. The molecule has 0 aliphatic carbocycles. The van der Waals surface area contributed by atoms with Gasteiger partial charge in [-0.25, -0.2) is 0 Å². The van der Waals surface area contributed by atoms with Crippen molar-refractivity contribution in [3.63, 3.8) is 0 Å². The molecule has 1 amide bonds. The Labute approximate surface area is 78.3 Å². The maximum absolute atomic E-state index is 11.5. The van der Waals surface area contributed by atoms with Crippen molar-refractivity contribution >= 4 is 12.2 Å². The highest BCUT2D eigenvalue weighted by atomic mass is 16.2. The van der Waals surface area contributed by atoms with Gasteiger partial charge >= 0.3 is 0 Å². The molecule has 0 aromatic rings. The van der Waals surface area contributed by atoms with E-state index in [-0.39, 0.29) is 11.9 Å². The van der Waals surface area contributed by atoms with E-state index in [1.807, 2.05) is 0 Å². The van der Waals surface area contributed by atoms with Crippen LogP contribution in [-0.4, -0.2) is 43.3 Å². The molecule has 0 bridgehead atoms. The lowest BCUT2D eigenvalue weighted by Crippen LogP contribution is -2.41. The van der Waals surface area contributed by atoms with Crippen molar-refractivity contribution in [1.29, 1.82) is 0 Å². The molecule has 1 rings (SSSR count). The van der Waals surface area contributed by atoms with Crippen LogP contribution in [0.15, 0.2) is 0 Å². The fourth-order valence-electron chi connectivity index (χ4n) is 1.75. The van der Waals surface area contributed by atoms with E-state index in [0.717, 1.165) is 12.7 Å². The number of nitrogens with one attached hydrogen (secondary N) is 1. The predicted octanol–water partition coefficient (Wildman–Crippen LogP) is -0.358. The molecule has 2 atom stereocenters. The molecule has 1 fully saturated rings. The molecule has 1 N–H and O–H groups in total. The summed E-state index contributed by atoms with van der Waals surface area (Å²) in [5.74, 6) is 0.458. The maximum Gasteiger partial charge on any atom is 0.237 e. The van der Waals surface area contributed by atoms with Crippen LogP contribution in [0.1, 0.15) is 13.3 Å². The zero-order chi connectivity index (χ0) is 9.84. The van der Waals surface area contributed by atoms with Crippen LogP contribution in [0, 0.1) is 5.92 Å². The third-order valence-electron chi connectivity index (χ3n) is 2.36. The summed E-state index contributed by atoms with van der Waals surface area (Å²) in [6.45, 7) is 3.09. The molecule has 13 heavy (non-hydrogen) atoms. The Morgan fingerprint density at radius 3 is 2.92 bits per heavy atom. The second-order valence-corrected chi connectivity index (χ2v) is 3.62. The van der Waals surface area contributed by atoms with Gasteiger partial charge in [0.2, 0.25) is 5.91 Å². The molecule has 1 aliphatic rings. The van der Waals surface area contributed by atoms with Gasteiger partial charge in [0.15, 0.2) is 0 Å². The van der Waals surface area contributed by atoms with Crippen molar-refractivity contribution in [2.45, 2.75) is 19.4 Å². The molecule has 0 radical (unpaired) electrons. The molecule has 4 heteroatoms. The van der Waals surface area contributed by atoms with E-state index < -0.39 is 0 Å². The second kappa shape index (κ2) is 4.37. The van der Waals surface area contributed by atoms with E-state index in [2.05, 4.69) is 12.2 Å². The fraction of sp³-hybridized carbons (Fsp3) is 0.778. The van der Waals surface area contributed by atoms with E-state index in [4.69, 9.17) is 0 Å². The summed E-state index contributed by atoms with van der Waals surface area (Å²) in [7, 11) is 1.73. The van der Waals surface area contributed by atoms with Gasteiger partial charge in [-0.15, -0.1) is 0 Å². The first-order chi connectivity index (χ1) is 6.19. The number of rotatable bonds is 3. The van der Waals surface area contributed by atoms with Gasteiger partial charge in [0.05, 0.1) is 12.6 Å². The van der Waals surface area contributed by atoms with Crippen LogP contribution in [0.25, 0.3) is 0 Å². The third-order valence-corrected chi connectivity index (χ3v) is 2.36. The van der Waals surface area contributed by atoms with E-state index >= 15 is 0 Å². The zero-order valence-electron chi connectivity index (χ0n) is 8.12. The number of likely N-dealkylation sites (N-methyl/N-ethyl adjacent to an activating group) is 1. The molecule has 74 valence electrons. The Balaban J connectivity index is 2.57. The minimum Gasteiger partial charge on any atom is -0.332 e. The van der Waals surface area contributed by atoms with Gasteiger partial charge in [0, 0.05) is 6.54 Å². The van der Waals surface area contributed by atoms with Crippen molar-refractivity contribution in [3.8, 4) is 0 Å². The number of carbonyl (C=O) groups is 2. The van der Waals surface area contributed by atoms with Crippen molar-refractivity contribution < 1.29 is 9.59 Å². The molecular formula is C9H16N2O2. The van der Waals surface area contributed by atoms with Crippen molar-refractivity contribution in [2.75, 3.05) is 20.1 Å². The van der Waals surface area contributed by atoms with Crippen LogP contribution >= 0.6 is 0 Å².